The second-order valence-corrected chi connectivity index (χ2v) is 8.14. The molecule has 1 amide bonds. The lowest BCUT2D eigenvalue weighted by Gasteiger charge is -2.14. The van der Waals surface area contributed by atoms with Gasteiger partial charge in [-0.3, -0.25) is 4.79 Å². The monoisotopic (exact) mass is 341 g/mol. The molecular formula is C13H15N3O4S2. The van der Waals surface area contributed by atoms with Crippen molar-refractivity contribution in [3.05, 3.63) is 28.2 Å². The number of nitrogens with one attached hydrogen (secondary N) is 1. The fourth-order valence-electron chi connectivity index (χ4n) is 2.36. The Kier molecular flexibility index (Phi) is 4.02. The van der Waals surface area contributed by atoms with E-state index >= 15 is 0 Å². The van der Waals surface area contributed by atoms with Gasteiger partial charge in [0.1, 0.15) is 6.26 Å². The number of nitrogens with zero attached hydrogens (tertiary/aromatic N) is 2. The summed E-state index contributed by atoms with van der Waals surface area (Å²) in [5.74, 6) is -0.107. The molecule has 3 heterocycles. The summed E-state index contributed by atoms with van der Waals surface area (Å²) >= 11 is 1.15. The maximum atomic E-state index is 12.6. The van der Waals surface area contributed by atoms with Crippen LogP contribution >= 0.6 is 11.3 Å². The van der Waals surface area contributed by atoms with Crippen molar-refractivity contribution in [1.82, 2.24) is 9.46 Å². The Balaban J connectivity index is 1.86. The highest BCUT2D eigenvalue weighted by atomic mass is 32.2. The zero-order valence-electron chi connectivity index (χ0n) is 11.9. The molecule has 118 valence electrons. The van der Waals surface area contributed by atoms with Crippen molar-refractivity contribution < 1.29 is 17.7 Å². The van der Waals surface area contributed by atoms with Crippen LogP contribution in [-0.2, 0) is 10.0 Å². The van der Waals surface area contributed by atoms with Gasteiger partial charge in [-0.1, -0.05) is 5.16 Å². The van der Waals surface area contributed by atoms with Crippen LogP contribution in [-0.4, -0.2) is 36.9 Å². The predicted molar refractivity (Wildman–Crippen MR) is 81.5 cm³/mol. The van der Waals surface area contributed by atoms with Crippen molar-refractivity contribution in [3.8, 4) is 0 Å². The maximum absolute atomic E-state index is 12.6. The lowest BCUT2D eigenvalue weighted by Crippen LogP contribution is -2.28. The summed E-state index contributed by atoms with van der Waals surface area (Å²) < 4.78 is 31.3. The van der Waals surface area contributed by atoms with E-state index in [2.05, 4.69) is 15.0 Å². The summed E-state index contributed by atoms with van der Waals surface area (Å²) in [4.78, 5) is 13.3. The van der Waals surface area contributed by atoms with Crippen molar-refractivity contribution in [3.63, 3.8) is 0 Å². The standard InChI is InChI=1S/C13H15N3O4S2/c1-9-11(22(18,19)16-5-2-3-6-16)8-10(21-9)13(17)14-12-4-7-20-15-12/h4,7-8H,2-3,5-6H2,1H3,(H,14,15,17). The van der Waals surface area contributed by atoms with Gasteiger partial charge in [0.05, 0.1) is 9.77 Å². The van der Waals surface area contributed by atoms with E-state index in [0.29, 0.717) is 28.7 Å². The predicted octanol–water partition coefficient (Wildman–Crippen LogP) is 2.08. The molecule has 7 nitrogen and oxygen atoms in total. The number of anilines is 1. The van der Waals surface area contributed by atoms with Crippen LogP contribution in [0.15, 0.2) is 27.8 Å². The van der Waals surface area contributed by atoms with Gasteiger partial charge < -0.3 is 9.84 Å². The minimum Gasteiger partial charge on any atom is -0.363 e. The van der Waals surface area contributed by atoms with Crippen LogP contribution in [0.2, 0.25) is 0 Å². The smallest absolute Gasteiger partial charge is 0.267 e. The highest BCUT2D eigenvalue weighted by Crippen LogP contribution is 2.30. The molecule has 0 bridgehead atoms. The van der Waals surface area contributed by atoms with Crippen LogP contribution in [0.4, 0.5) is 5.82 Å². The van der Waals surface area contributed by atoms with Gasteiger partial charge in [-0.15, -0.1) is 11.3 Å². The summed E-state index contributed by atoms with van der Waals surface area (Å²) in [6.45, 7) is 2.79. The van der Waals surface area contributed by atoms with Gasteiger partial charge in [-0.05, 0) is 25.8 Å². The summed E-state index contributed by atoms with van der Waals surface area (Å²) in [5.41, 5.74) is 0. The number of amides is 1. The number of thiophene rings is 1. The van der Waals surface area contributed by atoms with Crippen molar-refractivity contribution in [2.75, 3.05) is 18.4 Å². The minimum atomic E-state index is -3.51. The Morgan fingerprint density at radius 2 is 2.14 bits per heavy atom. The minimum absolute atomic E-state index is 0.213. The molecule has 1 fully saturated rings. The fourth-order valence-corrected chi connectivity index (χ4v) is 5.33. The van der Waals surface area contributed by atoms with E-state index in [1.807, 2.05) is 0 Å². The van der Waals surface area contributed by atoms with Crippen LogP contribution in [0.5, 0.6) is 0 Å². The molecule has 2 aromatic rings. The van der Waals surface area contributed by atoms with Crippen LogP contribution in [0.3, 0.4) is 0 Å². The molecule has 0 atom stereocenters. The summed E-state index contributed by atoms with van der Waals surface area (Å²) in [6.07, 6.45) is 3.10. The van der Waals surface area contributed by atoms with E-state index in [1.54, 1.807) is 6.92 Å². The molecule has 3 rings (SSSR count). The molecule has 2 aromatic heterocycles. The lowest BCUT2D eigenvalue weighted by molar-refractivity contribution is 0.102. The van der Waals surface area contributed by atoms with E-state index in [-0.39, 0.29) is 4.90 Å². The van der Waals surface area contributed by atoms with Gasteiger partial charge in [0.15, 0.2) is 5.82 Å². The summed E-state index contributed by atoms with van der Waals surface area (Å²) in [7, 11) is -3.51. The van der Waals surface area contributed by atoms with E-state index in [4.69, 9.17) is 0 Å². The van der Waals surface area contributed by atoms with Gasteiger partial charge in [0.2, 0.25) is 10.0 Å². The molecule has 0 aromatic carbocycles. The van der Waals surface area contributed by atoms with Gasteiger partial charge in [-0.25, -0.2) is 8.42 Å². The number of hydrogen-bond donors (Lipinski definition) is 1. The second kappa shape index (κ2) is 5.82. The molecule has 1 aliphatic heterocycles. The third kappa shape index (κ3) is 2.79. The largest absolute Gasteiger partial charge is 0.363 e. The molecule has 0 saturated carbocycles. The highest BCUT2D eigenvalue weighted by molar-refractivity contribution is 7.89. The zero-order chi connectivity index (χ0) is 15.7. The van der Waals surface area contributed by atoms with Crippen molar-refractivity contribution >= 4 is 33.1 Å². The molecule has 1 N–H and O–H groups in total. The van der Waals surface area contributed by atoms with Crippen molar-refractivity contribution in [2.45, 2.75) is 24.7 Å². The molecule has 0 radical (unpaired) electrons. The first-order valence-corrected chi connectivity index (χ1v) is 9.06. The number of aromatic nitrogens is 1. The first-order valence-electron chi connectivity index (χ1n) is 6.81. The first-order chi connectivity index (χ1) is 10.5. The summed E-state index contributed by atoms with van der Waals surface area (Å²) in [6, 6.07) is 2.95. The normalized spacial score (nSPS) is 16.0. The van der Waals surface area contributed by atoms with Gasteiger partial charge in [-0.2, -0.15) is 4.31 Å². The SMILES string of the molecule is Cc1sc(C(=O)Nc2ccon2)cc1S(=O)(=O)N1CCCC1. The Morgan fingerprint density at radius 1 is 1.41 bits per heavy atom. The Morgan fingerprint density at radius 3 is 2.77 bits per heavy atom. The first kappa shape index (κ1) is 15.2. The second-order valence-electron chi connectivity index (χ2n) is 4.98. The average molecular weight is 341 g/mol. The van der Waals surface area contributed by atoms with Gasteiger partial charge in [0.25, 0.3) is 5.91 Å². The van der Waals surface area contributed by atoms with Gasteiger partial charge in [0, 0.05) is 24.0 Å². The number of carbonyl (C=O) groups is 1. The molecule has 9 heteroatoms. The van der Waals surface area contributed by atoms with E-state index in [9.17, 15) is 13.2 Å². The van der Waals surface area contributed by atoms with Crippen LogP contribution in [0, 0.1) is 6.92 Å². The number of carbonyl (C=O) groups excluding carboxylic acids is 1. The number of hydrogen-bond acceptors (Lipinski definition) is 6. The van der Waals surface area contributed by atoms with Gasteiger partial charge >= 0.3 is 0 Å². The molecule has 0 spiro atoms. The Labute approximate surface area is 132 Å². The molecule has 0 aliphatic carbocycles. The topological polar surface area (TPSA) is 92.5 Å². The number of aryl methyl sites for hydroxylation is 1. The van der Waals surface area contributed by atoms with Crippen molar-refractivity contribution in [1.29, 1.82) is 0 Å². The highest BCUT2D eigenvalue weighted by Gasteiger charge is 2.30. The molecule has 1 saturated heterocycles. The van der Waals surface area contributed by atoms with Crippen LogP contribution in [0.25, 0.3) is 0 Å². The number of rotatable bonds is 4. The molecule has 1 aliphatic rings. The Bertz CT molecular complexity index is 774. The quantitative estimate of drug-likeness (QED) is 0.919. The lowest BCUT2D eigenvalue weighted by atomic mass is 10.4. The van der Waals surface area contributed by atoms with E-state index in [0.717, 1.165) is 24.2 Å². The molecule has 22 heavy (non-hydrogen) atoms. The van der Waals surface area contributed by atoms with Crippen LogP contribution in [0.1, 0.15) is 27.4 Å². The molecule has 0 unspecified atom stereocenters. The Hall–Kier alpha value is -1.71. The maximum Gasteiger partial charge on any atom is 0.267 e. The summed E-state index contributed by atoms with van der Waals surface area (Å²) in [5, 5.41) is 6.15. The molecular weight excluding hydrogens is 326 g/mol. The van der Waals surface area contributed by atoms with Crippen LogP contribution < -0.4 is 5.32 Å². The van der Waals surface area contributed by atoms with E-state index in [1.165, 1.54) is 22.7 Å². The zero-order valence-corrected chi connectivity index (χ0v) is 13.5. The number of sulfonamides is 1. The fraction of sp³-hybridized carbons (Fsp3) is 0.385. The average Bonchev–Trinajstić information content (AvgIpc) is 3.19. The van der Waals surface area contributed by atoms with E-state index < -0.39 is 15.9 Å². The third-order valence-corrected chi connectivity index (χ3v) is 6.66. The third-order valence-electron chi connectivity index (χ3n) is 3.46. The van der Waals surface area contributed by atoms with Crippen molar-refractivity contribution in [2.24, 2.45) is 0 Å².